The summed E-state index contributed by atoms with van der Waals surface area (Å²) in [7, 11) is -1.81. The number of hydrogen-bond donors (Lipinski definition) is 2. The summed E-state index contributed by atoms with van der Waals surface area (Å²) in [6.07, 6.45) is 1.11. The number of esters is 1. The fourth-order valence-corrected chi connectivity index (χ4v) is 0.0833. The van der Waals surface area contributed by atoms with Gasteiger partial charge in [-0.15, -0.1) is 0 Å². The molecule has 0 heterocycles. The summed E-state index contributed by atoms with van der Waals surface area (Å²) >= 11 is 0. The molecule has 0 atom stereocenters. The summed E-state index contributed by atoms with van der Waals surface area (Å²) < 4.78 is 28.3. The van der Waals surface area contributed by atoms with E-state index in [0.29, 0.717) is 0 Å². The molecule has 60 valence electrons. The molecular weight excluding hydrogens is 160 g/mol. The average Bonchev–Trinajstić information content (AvgIpc) is 1.85. The molecule has 0 radical (unpaired) electrons. The molecule has 6 heteroatoms. The minimum absolute atomic E-state index is 0.394. The monoisotopic (exact) mass is 168 g/mol. The van der Waals surface area contributed by atoms with Gasteiger partial charge in [-0.1, -0.05) is 6.58 Å². The van der Waals surface area contributed by atoms with Gasteiger partial charge in [0.15, 0.2) is 0 Å². The van der Waals surface area contributed by atoms with Crippen molar-refractivity contribution in [1.82, 2.24) is 0 Å². The number of ether oxygens (including phenoxy) is 1. The van der Waals surface area contributed by atoms with Crippen LogP contribution in [-0.2, 0) is 20.5 Å². The Morgan fingerprint density at radius 2 is 2.00 bits per heavy atom. The summed E-state index contributed by atoms with van der Waals surface area (Å²) in [4.78, 5) is 9.84. The Hall–Kier alpha value is -0.880. The quantitative estimate of drug-likeness (QED) is 0.237. The zero-order chi connectivity index (χ0) is 8.57. The van der Waals surface area contributed by atoms with Crippen molar-refractivity contribution in [2.24, 2.45) is 0 Å². The van der Waals surface area contributed by atoms with E-state index in [2.05, 4.69) is 11.3 Å². The molecule has 0 saturated carbocycles. The van der Waals surface area contributed by atoms with Gasteiger partial charge in [0, 0.05) is 6.08 Å². The summed E-state index contributed by atoms with van der Waals surface area (Å²) in [6.45, 7) is 3.16. The first-order valence-electron chi connectivity index (χ1n) is 2.08. The second-order valence-electron chi connectivity index (χ2n) is 0.965. The van der Waals surface area contributed by atoms with E-state index in [9.17, 15) is 4.79 Å². The Morgan fingerprint density at radius 1 is 1.70 bits per heavy atom. The van der Waals surface area contributed by atoms with Crippen LogP contribution in [-0.4, -0.2) is 26.0 Å². The molecule has 0 aliphatic heterocycles. The predicted molar refractivity (Wildman–Crippen MR) is 35.2 cm³/mol. The lowest BCUT2D eigenvalue weighted by molar-refractivity contribution is -0.134. The molecule has 0 aromatic heterocycles. The highest BCUT2D eigenvalue weighted by Crippen LogP contribution is 1.67. The zero-order valence-electron chi connectivity index (χ0n) is 5.31. The molecule has 5 nitrogen and oxygen atoms in total. The van der Waals surface area contributed by atoms with Crippen LogP contribution in [0.1, 0.15) is 0 Å². The van der Waals surface area contributed by atoms with E-state index in [1.165, 1.54) is 7.11 Å². The van der Waals surface area contributed by atoms with E-state index >= 15 is 0 Å². The standard InChI is InChI=1S/C4H6O2.H2O3S/c1-3-4(5)6-2;1-4(2)3/h3H,1H2,2H3;4H,(H,1,2,3). The highest BCUT2D eigenvalue weighted by atomic mass is 32.2. The Labute approximate surface area is 60.1 Å². The normalized spacial score (nSPS) is 7.50. The molecule has 0 fully saturated rings. The van der Waals surface area contributed by atoms with Gasteiger partial charge in [0.2, 0.25) is 0 Å². The minimum Gasteiger partial charge on any atom is -0.466 e. The third-order valence-corrected chi connectivity index (χ3v) is 0.368. The summed E-state index contributed by atoms with van der Waals surface area (Å²) in [5, 5.41) is 0. The van der Waals surface area contributed by atoms with Crippen LogP contribution < -0.4 is 0 Å². The molecule has 0 bridgehead atoms. The lowest BCUT2D eigenvalue weighted by Crippen LogP contribution is -1.91. The maximum atomic E-state index is 9.84. The number of rotatable bonds is 1. The van der Waals surface area contributed by atoms with Gasteiger partial charge in [0.1, 0.15) is 0 Å². The van der Waals surface area contributed by atoms with Crippen molar-refractivity contribution in [1.29, 1.82) is 0 Å². The van der Waals surface area contributed by atoms with Crippen molar-refractivity contribution in [2.75, 3.05) is 7.11 Å². The molecule has 0 aromatic rings. The van der Waals surface area contributed by atoms with Crippen molar-refractivity contribution in [3.8, 4) is 0 Å². The Balaban J connectivity index is 0. The molecule has 0 aliphatic carbocycles. The summed E-state index contributed by atoms with van der Waals surface area (Å²) in [6, 6.07) is 0. The van der Waals surface area contributed by atoms with Crippen LogP contribution >= 0.6 is 0 Å². The zero-order valence-corrected chi connectivity index (χ0v) is 6.21. The van der Waals surface area contributed by atoms with Gasteiger partial charge < -0.3 is 4.74 Å². The molecule has 0 rings (SSSR count). The van der Waals surface area contributed by atoms with Crippen LogP contribution in [0.15, 0.2) is 12.7 Å². The van der Waals surface area contributed by atoms with E-state index in [1.54, 1.807) is 0 Å². The summed E-state index contributed by atoms with van der Waals surface area (Å²) in [5.41, 5.74) is 0. The maximum absolute atomic E-state index is 9.84. The fraction of sp³-hybridized carbons (Fsp3) is 0.250. The van der Waals surface area contributed by atoms with E-state index in [-0.39, 0.29) is 0 Å². The molecule has 1 N–H and O–H groups in total. The third kappa shape index (κ3) is 27.4. The van der Waals surface area contributed by atoms with Gasteiger partial charge in [-0.05, 0) is 0 Å². The number of hydrogen-bond acceptors (Lipinski definition) is 4. The third-order valence-electron chi connectivity index (χ3n) is 0.368. The van der Waals surface area contributed by atoms with Crippen LogP contribution in [0.3, 0.4) is 0 Å². The van der Waals surface area contributed by atoms with Crippen molar-refractivity contribution in [3.63, 3.8) is 0 Å². The smallest absolute Gasteiger partial charge is 0.329 e. The van der Waals surface area contributed by atoms with E-state index in [1.807, 2.05) is 0 Å². The Bertz CT molecular complexity index is 162. The minimum atomic E-state index is -3.12. The Morgan fingerprint density at radius 3 is 2.00 bits per heavy atom. The van der Waals surface area contributed by atoms with Crippen molar-refractivity contribution in [3.05, 3.63) is 12.7 Å². The topological polar surface area (TPSA) is 80.7 Å². The first-order chi connectivity index (χ1) is 4.54. The van der Waals surface area contributed by atoms with E-state index < -0.39 is 17.0 Å². The highest BCUT2D eigenvalue weighted by molar-refractivity contribution is 7.66. The number of methoxy groups -OCH3 is 1. The van der Waals surface area contributed by atoms with E-state index in [0.717, 1.165) is 6.08 Å². The largest absolute Gasteiger partial charge is 0.466 e. The predicted octanol–water partition coefficient (Wildman–Crippen LogP) is -0.584. The first-order valence-corrected chi connectivity index (χ1v) is 3.21. The van der Waals surface area contributed by atoms with Crippen molar-refractivity contribution in [2.45, 2.75) is 0 Å². The number of carbonyl (C=O) groups is 1. The molecule has 0 spiro atoms. The lowest BCUT2D eigenvalue weighted by atomic mass is 10.7. The van der Waals surface area contributed by atoms with Crippen LogP contribution in [0.5, 0.6) is 0 Å². The van der Waals surface area contributed by atoms with Gasteiger partial charge in [-0.3, -0.25) is 4.55 Å². The molecule has 10 heavy (non-hydrogen) atoms. The van der Waals surface area contributed by atoms with Gasteiger partial charge in [-0.2, -0.15) is 0 Å². The number of thiol groups is 1. The Kier molecular flexibility index (Phi) is 9.63. The van der Waals surface area contributed by atoms with Crippen molar-refractivity contribution >= 4 is 17.0 Å². The van der Waals surface area contributed by atoms with E-state index in [4.69, 9.17) is 13.0 Å². The molecule has 0 aliphatic rings. The van der Waals surface area contributed by atoms with Crippen LogP contribution in [0.2, 0.25) is 0 Å². The highest BCUT2D eigenvalue weighted by Gasteiger charge is 1.81. The van der Waals surface area contributed by atoms with Gasteiger partial charge in [0.25, 0.3) is 11.0 Å². The van der Waals surface area contributed by atoms with Crippen LogP contribution in [0, 0.1) is 0 Å². The molecule has 0 aromatic carbocycles. The summed E-state index contributed by atoms with van der Waals surface area (Å²) in [5.74, 6) is -0.394. The van der Waals surface area contributed by atoms with Gasteiger partial charge in [-0.25, -0.2) is 13.2 Å². The van der Waals surface area contributed by atoms with Gasteiger partial charge in [0.05, 0.1) is 7.11 Å². The second kappa shape index (κ2) is 8.12. The van der Waals surface area contributed by atoms with Crippen LogP contribution in [0.25, 0.3) is 0 Å². The van der Waals surface area contributed by atoms with Crippen LogP contribution in [0.4, 0.5) is 0 Å². The fourth-order valence-electron chi connectivity index (χ4n) is 0.0833. The van der Waals surface area contributed by atoms with Gasteiger partial charge >= 0.3 is 5.97 Å². The number of carbonyl (C=O) groups excluding carboxylic acids is 1. The lowest BCUT2D eigenvalue weighted by Gasteiger charge is -1.83. The SMILES string of the molecule is C=CC(=O)OC.O=[SH](=O)O. The molecule has 0 saturated heterocycles. The molecule has 0 amide bonds. The maximum Gasteiger partial charge on any atom is 0.329 e. The molecule has 0 unspecified atom stereocenters. The first kappa shape index (κ1) is 11.9. The average molecular weight is 168 g/mol. The molecular formula is C4H8O5S. The van der Waals surface area contributed by atoms with Crippen molar-refractivity contribution < 1.29 is 22.5 Å². The second-order valence-corrected chi connectivity index (χ2v) is 1.44.